The van der Waals surface area contributed by atoms with Crippen molar-refractivity contribution in [1.29, 1.82) is 0 Å². The van der Waals surface area contributed by atoms with E-state index in [1.165, 1.54) is 0 Å². The van der Waals surface area contributed by atoms with Crippen molar-refractivity contribution < 1.29 is 9.53 Å². The van der Waals surface area contributed by atoms with Crippen LogP contribution in [0.2, 0.25) is 0 Å². The quantitative estimate of drug-likeness (QED) is 0.694. The van der Waals surface area contributed by atoms with Crippen LogP contribution in [0.1, 0.15) is 46.6 Å². The lowest BCUT2D eigenvalue weighted by Crippen LogP contribution is -2.40. The normalized spacial score (nSPS) is 14.0. The standard InChI is InChI=1S/C13H17BrN2O2.C2H6/c1-13(2,3)18-12(17)16-6-4-5-9-7-10(14)8-15-11(9)16;1-2/h7-8H,4-6H2,1-3H3;1-2H3. The van der Waals surface area contributed by atoms with E-state index in [9.17, 15) is 4.79 Å². The molecule has 4 nitrogen and oxygen atoms in total. The fourth-order valence-corrected chi connectivity index (χ4v) is 2.31. The number of carbonyl (C=O) groups excluding carboxylic acids is 1. The third-order valence-electron chi connectivity index (χ3n) is 2.61. The highest BCUT2D eigenvalue weighted by Crippen LogP contribution is 2.28. The van der Waals surface area contributed by atoms with Crippen LogP contribution in [0, 0.1) is 0 Å². The van der Waals surface area contributed by atoms with Crippen molar-refractivity contribution >= 4 is 27.8 Å². The molecule has 1 aromatic rings. The summed E-state index contributed by atoms with van der Waals surface area (Å²) in [5.74, 6) is 0.721. The first-order valence-electron chi connectivity index (χ1n) is 7.02. The molecule has 1 aromatic heterocycles. The first-order valence-corrected chi connectivity index (χ1v) is 7.81. The Labute approximate surface area is 129 Å². The van der Waals surface area contributed by atoms with Crippen LogP contribution in [0.15, 0.2) is 16.7 Å². The lowest BCUT2D eigenvalue weighted by Gasteiger charge is -2.30. The number of aromatic nitrogens is 1. The number of carbonyl (C=O) groups is 1. The molecule has 2 rings (SSSR count). The van der Waals surface area contributed by atoms with Gasteiger partial charge in [-0.15, -0.1) is 0 Å². The second-order valence-corrected chi connectivity index (χ2v) is 6.29. The van der Waals surface area contributed by atoms with Gasteiger partial charge >= 0.3 is 6.09 Å². The molecule has 0 atom stereocenters. The Balaban J connectivity index is 0.000000956. The van der Waals surface area contributed by atoms with Crippen molar-refractivity contribution in [3.05, 3.63) is 22.3 Å². The van der Waals surface area contributed by atoms with Crippen molar-refractivity contribution in [2.24, 2.45) is 0 Å². The van der Waals surface area contributed by atoms with E-state index in [0.717, 1.165) is 28.7 Å². The molecule has 0 N–H and O–H groups in total. The van der Waals surface area contributed by atoms with Crippen molar-refractivity contribution in [2.45, 2.75) is 53.1 Å². The largest absolute Gasteiger partial charge is 0.443 e. The molecule has 5 heteroatoms. The van der Waals surface area contributed by atoms with Gasteiger partial charge in [-0.3, -0.25) is 4.90 Å². The van der Waals surface area contributed by atoms with Gasteiger partial charge in [-0.1, -0.05) is 13.8 Å². The molecule has 0 aliphatic carbocycles. The third-order valence-corrected chi connectivity index (χ3v) is 3.04. The van der Waals surface area contributed by atoms with Gasteiger partial charge in [0.1, 0.15) is 11.4 Å². The first kappa shape index (κ1) is 17.0. The highest BCUT2D eigenvalue weighted by molar-refractivity contribution is 9.10. The van der Waals surface area contributed by atoms with Gasteiger partial charge in [0.2, 0.25) is 0 Å². The summed E-state index contributed by atoms with van der Waals surface area (Å²) in [7, 11) is 0. The number of hydrogen-bond donors (Lipinski definition) is 0. The maximum atomic E-state index is 12.1. The average molecular weight is 343 g/mol. The predicted molar refractivity (Wildman–Crippen MR) is 85.2 cm³/mol. The van der Waals surface area contributed by atoms with Gasteiger partial charge in [-0.25, -0.2) is 9.78 Å². The fraction of sp³-hybridized carbons (Fsp3) is 0.600. The van der Waals surface area contributed by atoms with E-state index in [2.05, 4.69) is 20.9 Å². The Kier molecular flexibility index (Phi) is 5.99. The zero-order chi connectivity index (χ0) is 15.3. The molecule has 112 valence electrons. The first-order chi connectivity index (χ1) is 9.37. The van der Waals surface area contributed by atoms with Crippen LogP contribution in [0.4, 0.5) is 10.6 Å². The molecule has 0 fully saturated rings. The van der Waals surface area contributed by atoms with Crippen molar-refractivity contribution in [2.75, 3.05) is 11.4 Å². The van der Waals surface area contributed by atoms with Crippen molar-refractivity contribution in [3.63, 3.8) is 0 Å². The number of anilines is 1. The Morgan fingerprint density at radius 2 is 2.05 bits per heavy atom. The molecule has 0 saturated carbocycles. The Morgan fingerprint density at radius 1 is 1.40 bits per heavy atom. The maximum absolute atomic E-state index is 12.1. The maximum Gasteiger partial charge on any atom is 0.416 e. The number of nitrogens with zero attached hydrogens (tertiary/aromatic N) is 2. The van der Waals surface area contributed by atoms with E-state index >= 15 is 0 Å². The summed E-state index contributed by atoms with van der Waals surface area (Å²) in [5, 5.41) is 0. The molecule has 1 amide bonds. The smallest absolute Gasteiger partial charge is 0.416 e. The Hall–Kier alpha value is -1.10. The number of amides is 1. The summed E-state index contributed by atoms with van der Waals surface area (Å²) in [6, 6.07) is 2.01. The van der Waals surface area contributed by atoms with Crippen LogP contribution in [-0.2, 0) is 11.2 Å². The van der Waals surface area contributed by atoms with E-state index in [-0.39, 0.29) is 6.09 Å². The Morgan fingerprint density at radius 3 is 2.65 bits per heavy atom. The topological polar surface area (TPSA) is 42.4 Å². The van der Waals surface area contributed by atoms with Crippen molar-refractivity contribution in [3.8, 4) is 0 Å². The van der Waals surface area contributed by atoms with E-state index < -0.39 is 5.60 Å². The molecule has 0 unspecified atom stereocenters. The molecule has 0 saturated heterocycles. The fourth-order valence-electron chi connectivity index (χ4n) is 1.93. The van der Waals surface area contributed by atoms with Gasteiger partial charge in [-0.2, -0.15) is 0 Å². The van der Waals surface area contributed by atoms with Gasteiger partial charge in [0.15, 0.2) is 0 Å². The van der Waals surface area contributed by atoms with Gasteiger partial charge in [0.25, 0.3) is 0 Å². The third kappa shape index (κ3) is 4.47. The lowest BCUT2D eigenvalue weighted by atomic mass is 10.1. The summed E-state index contributed by atoms with van der Waals surface area (Å²) in [6.07, 6.45) is 3.27. The van der Waals surface area contributed by atoms with Gasteiger partial charge in [0.05, 0.1) is 0 Å². The molecular formula is C15H23BrN2O2. The molecule has 1 aliphatic heterocycles. The summed E-state index contributed by atoms with van der Waals surface area (Å²) < 4.78 is 6.34. The SMILES string of the molecule is CC.CC(C)(C)OC(=O)N1CCCc2cc(Br)cnc21. The zero-order valence-corrected chi connectivity index (χ0v) is 14.5. The number of fused-ring (bicyclic) bond motifs is 1. The summed E-state index contributed by atoms with van der Waals surface area (Å²) in [4.78, 5) is 18.1. The molecule has 20 heavy (non-hydrogen) atoms. The number of rotatable bonds is 0. The average Bonchev–Trinajstić information content (AvgIpc) is 2.38. The number of ether oxygens (including phenoxy) is 1. The van der Waals surface area contributed by atoms with Crippen LogP contribution < -0.4 is 4.90 Å². The van der Waals surface area contributed by atoms with E-state index in [0.29, 0.717) is 6.54 Å². The van der Waals surface area contributed by atoms with Crippen LogP contribution in [0.25, 0.3) is 0 Å². The number of halogens is 1. The van der Waals surface area contributed by atoms with Crippen molar-refractivity contribution in [1.82, 2.24) is 4.98 Å². The monoisotopic (exact) mass is 342 g/mol. The Bertz CT molecular complexity index is 469. The molecule has 0 radical (unpaired) electrons. The van der Waals surface area contributed by atoms with Crippen LogP contribution in [-0.4, -0.2) is 23.2 Å². The van der Waals surface area contributed by atoms with Gasteiger partial charge in [0, 0.05) is 17.2 Å². The summed E-state index contributed by atoms with van der Waals surface area (Å²) in [5.41, 5.74) is 0.603. The number of aryl methyl sites for hydroxylation is 1. The highest BCUT2D eigenvalue weighted by Gasteiger charge is 2.28. The molecule has 2 heterocycles. The van der Waals surface area contributed by atoms with Crippen LogP contribution in [0.5, 0.6) is 0 Å². The minimum Gasteiger partial charge on any atom is -0.443 e. The molecule has 0 spiro atoms. The molecule has 1 aliphatic rings. The highest BCUT2D eigenvalue weighted by atomic mass is 79.9. The van der Waals surface area contributed by atoms with Gasteiger partial charge in [-0.05, 0) is 61.2 Å². The minimum atomic E-state index is -0.482. The summed E-state index contributed by atoms with van der Waals surface area (Å²) in [6.45, 7) is 10.3. The molecule has 0 bridgehead atoms. The second kappa shape index (κ2) is 7.07. The number of pyridine rings is 1. The molecular weight excluding hydrogens is 320 g/mol. The van der Waals surface area contributed by atoms with E-state index in [4.69, 9.17) is 4.74 Å². The zero-order valence-electron chi connectivity index (χ0n) is 12.9. The lowest BCUT2D eigenvalue weighted by molar-refractivity contribution is 0.0576. The van der Waals surface area contributed by atoms with Crippen LogP contribution >= 0.6 is 15.9 Å². The summed E-state index contributed by atoms with van der Waals surface area (Å²) >= 11 is 3.40. The number of hydrogen-bond acceptors (Lipinski definition) is 3. The minimum absolute atomic E-state index is 0.321. The van der Waals surface area contributed by atoms with E-state index in [1.54, 1.807) is 11.1 Å². The predicted octanol–water partition coefficient (Wildman–Crippen LogP) is 4.56. The van der Waals surface area contributed by atoms with Crippen LogP contribution in [0.3, 0.4) is 0 Å². The van der Waals surface area contributed by atoms with E-state index in [1.807, 2.05) is 40.7 Å². The molecule has 0 aromatic carbocycles. The second-order valence-electron chi connectivity index (χ2n) is 5.37. The van der Waals surface area contributed by atoms with Gasteiger partial charge < -0.3 is 4.74 Å².